The highest BCUT2D eigenvalue weighted by atomic mass is 32.2. The summed E-state index contributed by atoms with van der Waals surface area (Å²) in [4.78, 5) is 15.3. The Labute approximate surface area is 105 Å². The predicted molar refractivity (Wildman–Crippen MR) is 72.6 cm³/mol. The monoisotopic (exact) mass is 249 g/mol. The summed E-state index contributed by atoms with van der Waals surface area (Å²) in [5.74, 6) is -0.934. The number of benzene rings is 1. The van der Waals surface area contributed by atoms with Crippen LogP contribution in [0.4, 0.5) is 0 Å². The Balaban J connectivity index is 2.90. The van der Waals surface area contributed by atoms with Crippen LogP contribution in [0.3, 0.4) is 0 Å². The minimum atomic E-state index is -0.934. The Morgan fingerprint density at radius 1 is 1.35 bits per heavy atom. The van der Waals surface area contributed by atoms with Crippen molar-refractivity contribution in [3.05, 3.63) is 46.0 Å². The van der Waals surface area contributed by atoms with Gasteiger partial charge in [-0.05, 0) is 25.7 Å². The number of nitrogens with zero attached hydrogens (tertiary/aromatic N) is 1. The van der Waals surface area contributed by atoms with Crippen LogP contribution in [0.25, 0.3) is 0 Å². The first-order valence-corrected chi connectivity index (χ1v) is 6.36. The van der Waals surface area contributed by atoms with Gasteiger partial charge in [0, 0.05) is 6.21 Å². The van der Waals surface area contributed by atoms with E-state index in [0.29, 0.717) is 5.70 Å². The molecule has 90 valence electrons. The number of hydrogen-bond donors (Lipinski definition) is 1. The number of carboxylic acid groups (broad SMARTS) is 1. The van der Waals surface area contributed by atoms with Gasteiger partial charge >= 0.3 is 5.97 Å². The van der Waals surface area contributed by atoms with Gasteiger partial charge < -0.3 is 5.11 Å². The van der Waals surface area contributed by atoms with Crippen LogP contribution >= 0.6 is 11.8 Å². The molecule has 0 fully saturated rings. The molecular formula is C13H15NO2S. The normalized spacial score (nSPS) is 12.6. The average molecular weight is 249 g/mol. The number of carbonyl (C=O) groups is 1. The van der Waals surface area contributed by atoms with Crippen molar-refractivity contribution in [2.24, 2.45) is 4.99 Å². The summed E-state index contributed by atoms with van der Waals surface area (Å²) in [6.45, 7) is 3.72. The molecule has 1 rings (SSSR count). The van der Waals surface area contributed by atoms with E-state index in [0.717, 1.165) is 5.56 Å². The second kappa shape index (κ2) is 6.25. The second-order valence-corrected chi connectivity index (χ2v) is 4.41. The highest BCUT2D eigenvalue weighted by molar-refractivity contribution is 8.03. The van der Waals surface area contributed by atoms with E-state index in [1.54, 1.807) is 19.4 Å². The van der Waals surface area contributed by atoms with E-state index < -0.39 is 5.97 Å². The minimum absolute atomic E-state index is 0.272. The zero-order valence-electron chi connectivity index (χ0n) is 10.1. The fraction of sp³-hybridized carbons (Fsp3) is 0.231. The molecule has 0 heterocycles. The lowest BCUT2D eigenvalue weighted by Crippen LogP contribution is -1.98. The summed E-state index contributed by atoms with van der Waals surface area (Å²) < 4.78 is 0. The number of aryl methyl sites for hydroxylation is 1. The van der Waals surface area contributed by atoms with Crippen LogP contribution in [0, 0.1) is 6.92 Å². The lowest BCUT2D eigenvalue weighted by Gasteiger charge is -2.00. The van der Waals surface area contributed by atoms with Gasteiger partial charge in [0.1, 0.15) is 4.91 Å². The van der Waals surface area contributed by atoms with E-state index in [9.17, 15) is 4.79 Å². The molecule has 3 nitrogen and oxygen atoms in total. The second-order valence-electron chi connectivity index (χ2n) is 3.59. The van der Waals surface area contributed by atoms with Crippen LogP contribution in [0.2, 0.25) is 0 Å². The summed E-state index contributed by atoms with van der Waals surface area (Å²) in [6, 6.07) is 7.89. The predicted octanol–water partition coefficient (Wildman–Crippen LogP) is 3.09. The topological polar surface area (TPSA) is 49.7 Å². The molecule has 0 radical (unpaired) electrons. The number of aliphatic imine (C=N–C) groups is 1. The SMILES string of the molecule is CS/C(C(=O)O)=C(/C)N=Cc1ccc(C)cc1. The van der Waals surface area contributed by atoms with Crippen molar-refractivity contribution < 1.29 is 9.90 Å². The maximum atomic E-state index is 10.9. The van der Waals surface area contributed by atoms with Gasteiger partial charge in [-0.2, -0.15) is 0 Å². The Morgan fingerprint density at radius 3 is 2.41 bits per heavy atom. The molecular weight excluding hydrogens is 234 g/mol. The Kier molecular flexibility index (Phi) is 4.97. The van der Waals surface area contributed by atoms with Crippen molar-refractivity contribution in [1.82, 2.24) is 0 Å². The Hall–Kier alpha value is -1.55. The van der Waals surface area contributed by atoms with E-state index in [2.05, 4.69) is 4.99 Å². The molecule has 1 aromatic carbocycles. The molecule has 0 aromatic heterocycles. The van der Waals surface area contributed by atoms with E-state index in [-0.39, 0.29) is 4.91 Å². The summed E-state index contributed by atoms with van der Waals surface area (Å²) >= 11 is 1.19. The lowest BCUT2D eigenvalue weighted by molar-refractivity contribution is -0.131. The van der Waals surface area contributed by atoms with Gasteiger partial charge in [0.15, 0.2) is 0 Å². The third-order valence-corrected chi connectivity index (χ3v) is 3.09. The van der Waals surface area contributed by atoms with E-state index in [4.69, 9.17) is 5.11 Å². The maximum absolute atomic E-state index is 10.9. The van der Waals surface area contributed by atoms with Crippen LogP contribution in [0.15, 0.2) is 39.9 Å². The average Bonchev–Trinajstić information content (AvgIpc) is 2.28. The van der Waals surface area contributed by atoms with Crippen molar-refractivity contribution in [2.45, 2.75) is 13.8 Å². The highest BCUT2D eigenvalue weighted by Gasteiger charge is 2.08. The maximum Gasteiger partial charge on any atom is 0.344 e. The van der Waals surface area contributed by atoms with Crippen LogP contribution in [0.5, 0.6) is 0 Å². The number of hydrogen-bond acceptors (Lipinski definition) is 3. The third kappa shape index (κ3) is 4.07. The van der Waals surface area contributed by atoms with Crippen molar-refractivity contribution in [3.63, 3.8) is 0 Å². The smallest absolute Gasteiger partial charge is 0.344 e. The third-order valence-electron chi connectivity index (χ3n) is 2.21. The molecule has 0 aliphatic heterocycles. The highest BCUT2D eigenvalue weighted by Crippen LogP contribution is 2.17. The van der Waals surface area contributed by atoms with Gasteiger partial charge in [-0.25, -0.2) is 4.79 Å². The van der Waals surface area contributed by atoms with Crippen LogP contribution < -0.4 is 0 Å². The molecule has 0 saturated heterocycles. The lowest BCUT2D eigenvalue weighted by atomic mass is 10.2. The van der Waals surface area contributed by atoms with Crippen LogP contribution in [-0.4, -0.2) is 23.5 Å². The molecule has 0 unspecified atom stereocenters. The van der Waals surface area contributed by atoms with Crippen molar-refractivity contribution in [2.75, 3.05) is 6.26 Å². The number of aliphatic carboxylic acids is 1. The number of carboxylic acids is 1. The van der Waals surface area contributed by atoms with Crippen molar-refractivity contribution in [3.8, 4) is 0 Å². The van der Waals surface area contributed by atoms with Crippen LogP contribution in [0.1, 0.15) is 18.1 Å². The molecule has 0 aliphatic carbocycles. The zero-order chi connectivity index (χ0) is 12.8. The van der Waals surface area contributed by atoms with Crippen LogP contribution in [-0.2, 0) is 4.79 Å². The quantitative estimate of drug-likeness (QED) is 0.659. The van der Waals surface area contributed by atoms with E-state index >= 15 is 0 Å². The molecule has 4 heteroatoms. The van der Waals surface area contributed by atoms with Gasteiger partial charge in [-0.3, -0.25) is 4.99 Å². The molecule has 0 bridgehead atoms. The van der Waals surface area contributed by atoms with Crippen molar-refractivity contribution >= 4 is 23.9 Å². The van der Waals surface area contributed by atoms with Gasteiger partial charge in [0.2, 0.25) is 0 Å². The number of rotatable bonds is 4. The molecule has 1 aromatic rings. The standard InChI is InChI=1S/C13H15NO2S/c1-9-4-6-11(7-5-9)8-14-10(2)12(17-3)13(15)16/h4-8H,1-3H3,(H,15,16)/b12-10-,14-8?. The van der Waals surface area contributed by atoms with Gasteiger partial charge in [-0.1, -0.05) is 29.8 Å². The fourth-order valence-electron chi connectivity index (χ4n) is 1.27. The molecule has 0 saturated carbocycles. The van der Waals surface area contributed by atoms with Gasteiger partial charge in [0.25, 0.3) is 0 Å². The zero-order valence-corrected chi connectivity index (χ0v) is 10.9. The molecule has 17 heavy (non-hydrogen) atoms. The summed E-state index contributed by atoms with van der Waals surface area (Å²) in [5.41, 5.74) is 2.66. The molecule has 0 atom stereocenters. The molecule has 0 amide bonds. The van der Waals surface area contributed by atoms with Gasteiger partial charge in [0.05, 0.1) is 5.70 Å². The molecule has 1 N–H and O–H groups in total. The van der Waals surface area contributed by atoms with E-state index in [1.165, 1.54) is 17.3 Å². The number of thioether (sulfide) groups is 1. The summed E-state index contributed by atoms with van der Waals surface area (Å²) in [5, 5.41) is 8.92. The first-order valence-electron chi connectivity index (χ1n) is 5.13. The number of allylic oxidation sites excluding steroid dienone is 1. The fourth-order valence-corrected chi connectivity index (χ4v) is 1.80. The van der Waals surface area contributed by atoms with Crippen molar-refractivity contribution in [1.29, 1.82) is 0 Å². The minimum Gasteiger partial charge on any atom is -0.477 e. The van der Waals surface area contributed by atoms with Gasteiger partial charge in [-0.15, -0.1) is 11.8 Å². The van der Waals surface area contributed by atoms with E-state index in [1.807, 2.05) is 31.2 Å². The molecule has 0 aliphatic rings. The summed E-state index contributed by atoms with van der Waals surface area (Å²) in [6.07, 6.45) is 3.41. The molecule has 0 spiro atoms. The summed E-state index contributed by atoms with van der Waals surface area (Å²) in [7, 11) is 0. The first-order chi connectivity index (χ1) is 8.04. The Morgan fingerprint density at radius 2 is 1.94 bits per heavy atom. The Bertz CT molecular complexity index is 461. The first kappa shape index (κ1) is 13.5. The largest absolute Gasteiger partial charge is 0.477 e.